The Bertz CT molecular complexity index is 479. The van der Waals surface area contributed by atoms with Crippen molar-refractivity contribution in [3.63, 3.8) is 0 Å². The number of piperazine rings is 1. The molecule has 1 N–H and O–H groups in total. The molecule has 2 aliphatic rings. The van der Waals surface area contributed by atoms with Gasteiger partial charge in [0, 0.05) is 45.3 Å². The SMILES string of the molecule is CCN(CC)S(=O)(=O)N1CCN(C(=O)NC2CCCCC2)CC1. The number of nitrogens with zero attached hydrogens (tertiary/aromatic N) is 3. The highest BCUT2D eigenvalue weighted by Gasteiger charge is 2.32. The van der Waals surface area contributed by atoms with Crippen LogP contribution in [0.3, 0.4) is 0 Å². The minimum Gasteiger partial charge on any atom is -0.335 e. The molecule has 0 aromatic carbocycles. The van der Waals surface area contributed by atoms with Crippen LogP contribution >= 0.6 is 0 Å². The number of urea groups is 1. The molecule has 1 aliphatic heterocycles. The predicted molar refractivity (Wildman–Crippen MR) is 90.4 cm³/mol. The lowest BCUT2D eigenvalue weighted by Gasteiger charge is -2.37. The molecule has 0 bridgehead atoms. The maximum atomic E-state index is 12.5. The molecule has 0 spiro atoms. The summed E-state index contributed by atoms with van der Waals surface area (Å²) < 4.78 is 27.9. The second kappa shape index (κ2) is 8.30. The summed E-state index contributed by atoms with van der Waals surface area (Å²) in [7, 11) is -3.39. The number of amides is 2. The largest absolute Gasteiger partial charge is 0.335 e. The number of nitrogens with one attached hydrogen (secondary N) is 1. The molecule has 2 fully saturated rings. The first-order valence-electron chi connectivity index (χ1n) is 8.79. The van der Waals surface area contributed by atoms with Gasteiger partial charge in [-0.05, 0) is 12.8 Å². The average Bonchev–Trinajstić information content (AvgIpc) is 2.56. The molecule has 0 aromatic rings. The maximum Gasteiger partial charge on any atom is 0.317 e. The number of carbonyl (C=O) groups is 1. The van der Waals surface area contributed by atoms with Crippen molar-refractivity contribution in [2.24, 2.45) is 0 Å². The van der Waals surface area contributed by atoms with Crippen LogP contribution in [0, 0.1) is 0 Å². The fourth-order valence-electron chi connectivity index (χ4n) is 3.35. The molecule has 7 nitrogen and oxygen atoms in total. The van der Waals surface area contributed by atoms with Gasteiger partial charge in [-0.25, -0.2) is 4.79 Å². The van der Waals surface area contributed by atoms with Gasteiger partial charge in [0.1, 0.15) is 0 Å². The molecule has 1 saturated heterocycles. The molecular weight excluding hydrogens is 316 g/mol. The first-order valence-corrected chi connectivity index (χ1v) is 10.2. The maximum absolute atomic E-state index is 12.5. The molecule has 0 unspecified atom stereocenters. The third-order valence-corrected chi connectivity index (χ3v) is 7.00. The number of carbonyl (C=O) groups excluding carboxylic acids is 1. The molecule has 2 rings (SSSR count). The summed E-state index contributed by atoms with van der Waals surface area (Å²) >= 11 is 0. The van der Waals surface area contributed by atoms with Gasteiger partial charge in [0.05, 0.1) is 0 Å². The normalized spacial score (nSPS) is 21.6. The summed E-state index contributed by atoms with van der Waals surface area (Å²) in [5, 5.41) is 3.10. The molecule has 0 radical (unpaired) electrons. The van der Waals surface area contributed by atoms with E-state index in [0.717, 1.165) is 12.8 Å². The van der Waals surface area contributed by atoms with Crippen LogP contribution in [0.5, 0.6) is 0 Å². The van der Waals surface area contributed by atoms with Gasteiger partial charge >= 0.3 is 6.03 Å². The van der Waals surface area contributed by atoms with Gasteiger partial charge in [0.25, 0.3) is 10.2 Å². The summed E-state index contributed by atoms with van der Waals surface area (Å²) in [6.45, 7) is 6.29. The molecule has 1 heterocycles. The highest BCUT2D eigenvalue weighted by Crippen LogP contribution is 2.18. The van der Waals surface area contributed by atoms with E-state index in [9.17, 15) is 13.2 Å². The lowest BCUT2D eigenvalue weighted by atomic mass is 9.96. The van der Waals surface area contributed by atoms with Crippen molar-refractivity contribution in [3.8, 4) is 0 Å². The van der Waals surface area contributed by atoms with Gasteiger partial charge < -0.3 is 10.2 Å². The molecule has 0 aromatic heterocycles. The van der Waals surface area contributed by atoms with Crippen LogP contribution in [-0.4, -0.2) is 73.3 Å². The smallest absolute Gasteiger partial charge is 0.317 e. The van der Waals surface area contributed by atoms with Crippen LogP contribution in [0.1, 0.15) is 46.0 Å². The number of rotatable bonds is 5. The minimum atomic E-state index is -3.39. The van der Waals surface area contributed by atoms with Crippen molar-refractivity contribution in [3.05, 3.63) is 0 Å². The summed E-state index contributed by atoms with van der Waals surface area (Å²) in [6.07, 6.45) is 5.74. The minimum absolute atomic E-state index is 0.0446. The third kappa shape index (κ3) is 4.58. The van der Waals surface area contributed by atoms with E-state index in [-0.39, 0.29) is 12.1 Å². The Balaban J connectivity index is 1.84. The fraction of sp³-hybridized carbons (Fsp3) is 0.933. The number of hydrogen-bond donors (Lipinski definition) is 1. The van der Waals surface area contributed by atoms with Gasteiger partial charge in [0.15, 0.2) is 0 Å². The molecule has 134 valence electrons. The standard InChI is InChI=1S/C15H30N4O3S/c1-3-18(4-2)23(21,22)19-12-10-17(11-13-19)15(20)16-14-8-6-5-7-9-14/h14H,3-13H2,1-2H3,(H,16,20). The molecule has 0 atom stereocenters. The van der Waals surface area contributed by atoms with Crippen LogP contribution in [0.25, 0.3) is 0 Å². The first kappa shape index (κ1) is 18.5. The zero-order chi connectivity index (χ0) is 16.9. The second-order valence-electron chi connectivity index (χ2n) is 6.26. The summed E-state index contributed by atoms with van der Waals surface area (Å²) in [5.41, 5.74) is 0. The Morgan fingerprint density at radius 3 is 2.13 bits per heavy atom. The molecular formula is C15H30N4O3S. The van der Waals surface area contributed by atoms with Crippen molar-refractivity contribution < 1.29 is 13.2 Å². The van der Waals surface area contributed by atoms with E-state index in [2.05, 4.69) is 5.32 Å². The summed E-state index contributed by atoms with van der Waals surface area (Å²) in [5.74, 6) is 0. The van der Waals surface area contributed by atoms with Crippen molar-refractivity contribution in [2.45, 2.75) is 52.0 Å². The van der Waals surface area contributed by atoms with Crippen molar-refractivity contribution in [2.75, 3.05) is 39.3 Å². The van der Waals surface area contributed by atoms with Crippen LogP contribution in [0.15, 0.2) is 0 Å². The van der Waals surface area contributed by atoms with Crippen LogP contribution in [-0.2, 0) is 10.2 Å². The van der Waals surface area contributed by atoms with Crippen LogP contribution in [0.2, 0.25) is 0 Å². The molecule has 1 aliphatic carbocycles. The van der Waals surface area contributed by atoms with E-state index < -0.39 is 10.2 Å². The van der Waals surface area contributed by atoms with E-state index in [1.807, 2.05) is 13.8 Å². The Labute approximate surface area is 140 Å². The van der Waals surface area contributed by atoms with Crippen molar-refractivity contribution >= 4 is 16.2 Å². The van der Waals surface area contributed by atoms with Crippen molar-refractivity contribution in [1.82, 2.24) is 18.8 Å². The molecule has 2 amide bonds. The van der Waals surface area contributed by atoms with Crippen LogP contribution in [0.4, 0.5) is 4.79 Å². The highest BCUT2D eigenvalue weighted by atomic mass is 32.2. The topological polar surface area (TPSA) is 73.0 Å². The third-order valence-electron chi connectivity index (χ3n) is 4.82. The van der Waals surface area contributed by atoms with E-state index >= 15 is 0 Å². The monoisotopic (exact) mass is 346 g/mol. The first-order chi connectivity index (χ1) is 11.0. The Morgan fingerprint density at radius 1 is 1.04 bits per heavy atom. The second-order valence-corrected chi connectivity index (χ2v) is 8.19. The Morgan fingerprint density at radius 2 is 1.61 bits per heavy atom. The zero-order valence-electron chi connectivity index (χ0n) is 14.3. The molecule has 8 heteroatoms. The fourth-order valence-corrected chi connectivity index (χ4v) is 4.95. The quantitative estimate of drug-likeness (QED) is 0.814. The Hall–Kier alpha value is -0.860. The van der Waals surface area contributed by atoms with E-state index in [1.165, 1.54) is 27.9 Å². The molecule has 1 saturated carbocycles. The van der Waals surface area contributed by atoms with Crippen molar-refractivity contribution in [1.29, 1.82) is 0 Å². The average molecular weight is 346 g/mol. The Kier molecular flexibility index (Phi) is 6.67. The van der Waals surface area contributed by atoms with Gasteiger partial charge in [-0.15, -0.1) is 0 Å². The predicted octanol–water partition coefficient (Wildman–Crippen LogP) is 1.23. The summed E-state index contributed by atoms with van der Waals surface area (Å²) in [4.78, 5) is 14.0. The lowest BCUT2D eigenvalue weighted by Crippen LogP contribution is -2.56. The van der Waals surface area contributed by atoms with E-state index in [1.54, 1.807) is 4.90 Å². The lowest BCUT2D eigenvalue weighted by molar-refractivity contribution is 0.163. The van der Waals surface area contributed by atoms with E-state index in [4.69, 9.17) is 0 Å². The van der Waals surface area contributed by atoms with Gasteiger partial charge in [-0.3, -0.25) is 0 Å². The van der Waals surface area contributed by atoms with Crippen LogP contribution < -0.4 is 5.32 Å². The molecule has 23 heavy (non-hydrogen) atoms. The van der Waals surface area contributed by atoms with E-state index in [0.29, 0.717) is 39.3 Å². The summed E-state index contributed by atoms with van der Waals surface area (Å²) in [6, 6.07) is 0.241. The highest BCUT2D eigenvalue weighted by molar-refractivity contribution is 7.86. The van der Waals surface area contributed by atoms with Gasteiger partial charge in [0.2, 0.25) is 0 Å². The zero-order valence-corrected chi connectivity index (χ0v) is 15.1. The van der Waals surface area contributed by atoms with Gasteiger partial charge in [-0.2, -0.15) is 17.0 Å². The van der Waals surface area contributed by atoms with Gasteiger partial charge in [-0.1, -0.05) is 33.1 Å². The number of hydrogen-bond acceptors (Lipinski definition) is 3.